The van der Waals surface area contributed by atoms with E-state index < -0.39 is 0 Å². The van der Waals surface area contributed by atoms with E-state index in [1.165, 1.54) is 0 Å². The fourth-order valence-electron chi connectivity index (χ4n) is 2.38. The van der Waals surface area contributed by atoms with Gasteiger partial charge in [0.1, 0.15) is 0 Å². The standard InChI is InChI=1S/C14H20N4O2/c1-9-2-3-11(15)6-12(9)17-13(19)8-18-5-4-10(7-18)14(16)20/h2-3,6,10H,4-5,7-8,15H2,1H3,(H2,16,20)(H,17,19). The molecule has 1 aliphatic heterocycles. The molecule has 108 valence electrons. The van der Waals surface area contributed by atoms with E-state index >= 15 is 0 Å². The molecule has 0 bridgehead atoms. The summed E-state index contributed by atoms with van der Waals surface area (Å²) in [6.45, 7) is 3.45. The van der Waals surface area contributed by atoms with Crippen LogP contribution in [0.25, 0.3) is 0 Å². The molecule has 1 saturated heterocycles. The SMILES string of the molecule is Cc1ccc(N)cc1NC(=O)CN1CCC(C(N)=O)C1. The molecule has 1 aliphatic rings. The molecule has 20 heavy (non-hydrogen) atoms. The average Bonchev–Trinajstić information content (AvgIpc) is 2.82. The maximum atomic E-state index is 12.0. The third kappa shape index (κ3) is 3.48. The molecule has 1 atom stereocenters. The minimum Gasteiger partial charge on any atom is -0.399 e. The Balaban J connectivity index is 1.90. The highest BCUT2D eigenvalue weighted by atomic mass is 16.2. The van der Waals surface area contributed by atoms with Crippen molar-refractivity contribution in [1.82, 2.24) is 4.90 Å². The molecule has 0 saturated carbocycles. The van der Waals surface area contributed by atoms with Crippen molar-refractivity contribution < 1.29 is 9.59 Å². The van der Waals surface area contributed by atoms with E-state index in [1.807, 2.05) is 17.9 Å². The van der Waals surface area contributed by atoms with Crippen LogP contribution in [-0.2, 0) is 9.59 Å². The van der Waals surface area contributed by atoms with Crippen LogP contribution >= 0.6 is 0 Å². The fourth-order valence-corrected chi connectivity index (χ4v) is 2.38. The number of rotatable bonds is 4. The van der Waals surface area contributed by atoms with E-state index in [0.29, 0.717) is 12.2 Å². The van der Waals surface area contributed by atoms with Crippen LogP contribution in [0.5, 0.6) is 0 Å². The van der Waals surface area contributed by atoms with Crippen molar-refractivity contribution in [1.29, 1.82) is 0 Å². The van der Waals surface area contributed by atoms with Crippen LogP contribution in [0, 0.1) is 12.8 Å². The van der Waals surface area contributed by atoms with Crippen LogP contribution in [0.15, 0.2) is 18.2 Å². The van der Waals surface area contributed by atoms with Gasteiger partial charge in [0, 0.05) is 17.9 Å². The zero-order valence-corrected chi connectivity index (χ0v) is 11.6. The Morgan fingerprint density at radius 1 is 1.45 bits per heavy atom. The van der Waals surface area contributed by atoms with Gasteiger partial charge in [0.2, 0.25) is 11.8 Å². The summed E-state index contributed by atoms with van der Waals surface area (Å²) in [4.78, 5) is 25.0. The molecule has 0 aliphatic carbocycles. The fraction of sp³-hybridized carbons (Fsp3) is 0.429. The van der Waals surface area contributed by atoms with Gasteiger partial charge in [0.25, 0.3) is 0 Å². The highest BCUT2D eigenvalue weighted by Crippen LogP contribution is 2.19. The van der Waals surface area contributed by atoms with Crippen molar-refractivity contribution in [3.63, 3.8) is 0 Å². The number of hydrogen-bond donors (Lipinski definition) is 3. The molecule has 2 amide bonds. The molecular weight excluding hydrogens is 256 g/mol. The predicted molar refractivity (Wildman–Crippen MR) is 78.0 cm³/mol. The molecule has 5 N–H and O–H groups in total. The number of aryl methyl sites for hydroxylation is 1. The normalized spacial score (nSPS) is 18.9. The van der Waals surface area contributed by atoms with Crippen molar-refractivity contribution in [3.05, 3.63) is 23.8 Å². The lowest BCUT2D eigenvalue weighted by Gasteiger charge is -2.16. The summed E-state index contributed by atoms with van der Waals surface area (Å²) in [7, 11) is 0. The van der Waals surface area contributed by atoms with Crippen LogP contribution in [0.1, 0.15) is 12.0 Å². The van der Waals surface area contributed by atoms with Gasteiger partial charge in [0.05, 0.1) is 12.5 Å². The molecule has 0 spiro atoms. The number of primary amides is 1. The number of carbonyl (C=O) groups is 2. The highest BCUT2D eigenvalue weighted by Gasteiger charge is 2.27. The van der Waals surface area contributed by atoms with Crippen LogP contribution in [0.4, 0.5) is 11.4 Å². The second-order valence-corrected chi connectivity index (χ2v) is 5.25. The van der Waals surface area contributed by atoms with Gasteiger partial charge in [-0.25, -0.2) is 0 Å². The number of amides is 2. The van der Waals surface area contributed by atoms with Gasteiger partial charge in [-0.3, -0.25) is 14.5 Å². The maximum absolute atomic E-state index is 12.0. The summed E-state index contributed by atoms with van der Waals surface area (Å²) >= 11 is 0. The highest BCUT2D eigenvalue weighted by molar-refractivity contribution is 5.93. The van der Waals surface area contributed by atoms with E-state index in [9.17, 15) is 9.59 Å². The number of carbonyl (C=O) groups excluding carboxylic acids is 2. The zero-order valence-electron chi connectivity index (χ0n) is 11.6. The zero-order chi connectivity index (χ0) is 14.7. The smallest absolute Gasteiger partial charge is 0.238 e. The first-order valence-electron chi connectivity index (χ1n) is 6.63. The van der Waals surface area contributed by atoms with Crippen LogP contribution in [0.2, 0.25) is 0 Å². The maximum Gasteiger partial charge on any atom is 0.238 e. The third-order valence-corrected chi connectivity index (χ3v) is 3.58. The summed E-state index contributed by atoms with van der Waals surface area (Å²) in [5.41, 5.74) is 13.3. The van der Waals surface area contributed by atoms with Gasteiger partial charge in [0.15, 0.2) is 0 Å². The van der Waals surface area contributed by atoms with Crippen molar-refractivity contribution in [2.75, 3.05) is 30.7 Å². The van der Waals surface area contributed by atoms with Gasteiger partial charge in [-0.1, -0.05) is 6.07 Å². The predicted octanol–water partition coefficient (Wildman–Crippen LogP) is 0.323. The summed E-state index contributed by atoms with van der Waals surface area (Å²) in [5.74, 6) is -0.541. The topological polar surface area (TPSA) is 101 Å². The number of hydrogen-bond acceptors (Lipinski definition) is 4. The number of nitrogens with two attached hydrogens (primary N) is 2. The molecule has 0 aromatic heterocycles. The van der Waals surface area contributed by atoms with Crippen LogP contribution in [-0.4, -0.2) is 36.3 Å². The molecular formula is C14H20N4O2. The Kier molecular flexibility index (Phi) is 4.24. The minimum absolute atomic E-state index is 0.108. The first-order chi connectivity index (χ1) is 9.45. The Bertz CT molecular complexity index is 530. The van der Waals surface area contributed by atoms with Gasteiger partial charge < -0.3 is 16.8 Å². The first kappa shape index (κ1) is 14.3. The van der Waals surface area contributed by atoms with E-state index in [4.69, 9.17) is 11.5 Å². The molecule has 1 fully saturated rings. The number of anilines is 2. The average molecular weight is 276 g/mol. The Morgan fingerprint density at radius 3 is 2.85 bits per heavy atom. The second-order valence-electron chi connectivity index (χ2n) is 5.25. The van der Waals surface area contributed by atoms with Gasteiger partial charge >= 0.3 is 0 Å². The first-order valence-corrected chi connectivity index (χ1v) is 6.63. The lowest BCUT2D eigenvalue weighted by atomic mass is 10.1. The second kappa shape index (κ2) is 5.92. The molecule has 1 heterocycles. The Hall–Kier alpha value is -2.08. The van der Waals surface area contributed by atoms with Crippen molar-refractivity contribution >= 4 is 23.2 Å². The van der Waals surface area contributed by atoms with E-state index in [0.717, 1.165) is 24.2 Å². The van der Waals surface area contributed by atoms with Crippen molar-refractivity contribution in [2.45, 2.75) is 13.3 Å². The van der Waals surface area contributed by atoms with E-state index in [2.05, 4.69) is 5.32 Å². The van der Waals surface area contributed by atoms with Crippen LogP contribution < -0.4 is 16.8 Å². The molecule has 0 radical (unpaired) electrons. The molecule has 1 aromatic rings. The van der Waals surface area contributed by atoms with Gasteiger partial charge in [-0.05, 0) is 37.6 Å². The van der Waals surface area contributed by atoms with E-state index in [-0.39, 0.29) is 24.3 Å². The molecule has 1 unspecified atom stereocenters. The molecule has 6 nitrogen and oxygen atoms in total. The number of nitrogens with zero attached hydrogens (tertiary/aromatic N) is 1. The largest absolute Gasteiger partial charge is 0.399 e. The lowest BCUT2D eigenvalue weighted by molar-refractivity contribution is -0.122. The monoisotopic (exact) mass is 276 g/mol. The minimum atomic E-state index is -0.292. The van der Waals surface area contributed by atoms with Crippen LogP contribution in [0.3, 0.4) is 0 Å². The molecule has 1 aromatic carbocycles. The molecule has 6 heteroatoms. The van der Waals surface area contributed by atoms with Gasteiger partial charge in [-0.15, -0.1) is 0 Å². The summed E-state index contributed by atoms with van der Waals surface area (Å²) in [6, 6.07) is 5.40. The summed E-state index contributed by atoms with van der Waals surface area (Å²) in [5, 5.41) is 2.85. The number of nitrogens with one attached hydrogen (secondary N) is 1. The Labute approximate surface area is 118 Å². The summed E-state index contributed by atoms with van der Waals surface area (Å²) < 4.78 is 0. The van der Waals surface area contributed by atoms with Crippen molar-refractivity contribution in [3.8, 4) is 0 Å². The molecule has 2 rings (SSSR count). The number of likely N-dealkylation sites (tertiary alicyclic amines) is 1. The number of nitrogen functional groups attached to an aromatic ring is 1. The third-order valence-electron chi connectivity index (χ3n) is 3.58. The number of benzene rings is 1. The lowest BCUT2D eigenvalue weighted by Crippen LogP contribution is -2.33. The quantitative estimate of drug-likeness (QED) is 0.689. The summed E-state index contributed by atoms with van der Waals surface area (Å²) in [6.07, 6.45) is 0.722. The van der Waals surface area contributed by atoms with Gasteiger partial charge in [-0.2, -0.15) is 0 Å². The van der Waals surface area contributed by atoms with Crippen molar-refractivity contribution in [2.24, 2.45) is 11.7 Å². The van der Waals surface area contributed by atoms with E-state index in [1.54, 1.807) is 12.1 Å². The Morgan fingerprint density at radius 2 is 2.20 bits per heavy atom.